The van der Waals surface area contributed by atoms with E-state index in [1.807, 2.05) is 20.8 Å². The molecule has 0 fully saturated rings. The third kappa shape index (κ3) is 9.69. The van der Waals surface area contributed by atoms with Crippen LogP contribution < -0.4 is 30.3 Å². The molecule has 11 heteroatoms. The van der Waals surface area contributed by atoms with E-state index in [9.17, 15) is 18.8 Å². The van der Waals surface area contributed by atoms with Crippen molar-refractivity contribution in [2.75, 3.05) is 25.6 Å². The van der Waals surface area contributed by atoms with Crippen LogP contribution in [0.2, 0.25) is 0 Å². The first-order chi connectivity index (χ1) is 21.1. The summed E-state index contributed by atoms with van der Waals surface area (Å²) in [5.74, 6) is -0.587. The number of methoxy groups -OCH3 is 1. The van der Waals surface area contributed by atoms with Gasteiger partial charge in [-0.1, -0.05) is 19.9 Å². The Kier molecular flexibility index (Phi) is 12.5. The van der Waals surface area contributed by atoms with E-state index >= 15 is 0 Å². The van der Waals surface area contributed by atoms with E-state index in [1.54, 1.807) is 42.5 Å². The van der Waals surface area contributed by atoms with Gasteiger partial charge >= 0.3 is 0 Å². The van der Waals surface area contributed by atoms with Gasteiger partial charge in [0.2, 0.25) is 0 Å². The average Bonchev–Trinajstić information content (AvgIpc) is 3.00. The molecule has 0 heterocycles. The Morgan fingerprint density at radius 3 is 2.34 bits per heavy atom. The Morgan fingerprint density at radius 2 is 1.73 bits per heavy atom. The first-order valence-corrected chi connectivity index (χ1v) is 14.0. The molecular formula is C33H37FN4O6. The number of nitrogens with zero attached hydrogens (tertiary/aromatic N) is 1. The molecule has 1 atom stereocenters. The Hall–Kier alpha value is -5.19. The van der Waals surface area contributed by atoms with Gasteiger partial charge in [0, 0.05) is 16.8 Å². The Labute approximate surface area is 256 Å². The van der Waals surface area contributed by atoms with Gasteiger partial charge in [-0.15, -0.1) is 6.58 Å². The van der Waals surface area contributed by atoms with Crippen molar-refractivity contribution >= 4 is 29.6 Å². The summed E-state index contributed by atoms with van der Waals surface area (Å²) in [4.78, 5) is 38.2. The summed E-state index contributed by atoms with van der Waals surface area (Å²) < 4.78 is 29.9. The lowest BCUT2D eigenvalue weighted by Gasteiger charge is -2.20. The number of ether oxygens (including phenoxy) is 3. The van der Waals surface area contributed by atoms with Crippen LogP contribution in [-0.2, 0) is 16.0 Å². The first kappa shape index (κ1) is 33.3. The fourth-order valence-corrected chi connectivity index (χ4v) is 4.10. The molecule has 3 aromatic rings. The summed E-state index contributed by atoms with van der Waals surface area (Å²) in [5.41, 5.74) is 4.60. The summed E-state index contributed by atoms with van der Waals surface area (Å²) in [7, 11) is 1.54. The number of carbonyl (C=O) groups is 3. The summed E-state index contributed by atoms with van der Waals surface area (Å²) >= 11 is 0. The van der Waals surface area contributed by atoms with E-state index in [-0.39, 0.29) is 12.5 Å². The minimum atomic E-state index is -0.839. The second-order valence-electron chi connectivity index (χ2n) is 9.93. The quantitative estimate of drug-likeness (QED) is 0.129. The Balaban J connectivity index is 1.71. The summed E-state index contributed by atoms with van der Waals surface area (Å²) in [6.07, 6.45) is 3.52. The summed E-state index contributed by atoms with van der Waals surface area (Å²) in [6.45, 7) is 9.25. The van der Waals surface area contributed by atoms with Gasteiger partial charge in [-0.25, -0.2) is 9.82 Å². The third-order valence-corrected chi connectivity index (χ3v) is 6.27. The molecule has 3 N–H and O–H groups in total. The monoisotopic (exact) mass is 604 g/mol. The number of allylic oxidation sites excluding steroid dienone is 1. The molecule has 0 aromatic heterocycles. The van der Waals surface area contributed by atoms with Crippen molar-refractivity contribution in [2.24, 2.45) is 11.0 Å². The zero-order chi connectivity index (χ0) is 32.1. The maximum atomic E-state index is 13.2. The first-order valence-electron chi connectivity index (χ1n) is 14.0. The standard InChI is InChI=1S/C33H37FN4O6/c1-6-8-24-17-22(18-28(43-7-2)31(24)44-20-29(39)36-26-13-11-25(34)12-14-26)19-35-38-33(41)30(21(3)4)37-32(40)23-9-15-27(42-5)16-10-23/h6,9-19,21,30H,1,7-8,20H2,2-5H3,(H,36,39)(H,37,40)(H,38,41). The number of rotatable bonds is 15. The number of halogens is 1. The molecule has 3 rings (SSSR count). The molecule has 232 valence electrons. The number of hydrogen-bond acceptors (Lipinski definition) is 7. The van der Waals surface area contributed by atoms with E-state index in [2.05, 4.69) is 27.7 Å². The van der Waals surface area contributed by atoms with Crippen LogP contribution in [0, 0.1) is 11.7 Å². The van der Waals surface area contributed by atoms with Gasteiger partial charge < -0.3 is 24.8 Å². The molecule has 0 aliphatic rings. The molecule has 3 aromatic carbocycles. The fourth-order valence-electron chi connectivity index (χ4n) is 4.10. The molecule has 0 aliphatic carbocycles. The highest BCUT2D eigenvalue weighted by atomic mass is 19.1. The van der Waals surface area contributed by atoms with Gasteiger partial charge in [-0.05, 0) is 85.5 Å². The van der Waals surface area contributed by atoms with Crippen LogP contribution in [0.4, 0.5) is 10.1 Å². The molecule has 0 aliphatic heterocycles. The van der Waals surface area contributed by atoms with Crippen LogP contribution in [0.1, 0.15) is 42.3 Å². The topological polar surface area (TPSA) is 127 Å². The van der Waals surface area contributed by atoms with Crippen LogP contribution in [0.5, 0.6) is 17.2 Å². The van der Waals surface area contributed by atoms with Crippen molar-refractivity contribution in [1.29, 1.82) is 0 Å². The third-order valence-electron chi connectivity index (χ3n) is 6.27. The highest BCUT2D eigenvalue weighted by Crippen LogP contribution is 2.33. The fraction of sp³-hybridized carbons (Fsp3) is 0.273. The second kappa shape index (κ2) is 16.4. The predicted molar refractivity (Wildman–Crippen MR) is 167 cm³/mol. The molecule has 44 heavy (non-hydrogen) atoms. The van der Waals surface area contributed by atoms with Crippen LogP contribution in [0.25, 0.3) is 0 Å². The molecule has 10 nitrogen and oxygen atoms in total. The number of amides is 3. The van der Waals surface area contributed by atoms with Crippen LogP contribution in [-0.4, -0.2) is 50.3 Å². The van der Waals surface area contributed by atoms with E-state index in [4.69, 9.17) is 14.2 Å². The number of carbonyl (C=O) groups excluding carboxylic acids is 3. The number of anilines is 1. The Bertz CT molecular complexity index is 1470. The minimum Gasteiger partial charge on any atom is -0.497 e. The highest BCUT2D eigenvalue weighted by Gasteiger charge is 2.24. The van der Waals surface area contributed by atoms with Gasteiger partial charge in [-0.2, -0.15) is 5.10 Å². The molecule has 1 unspecified atom stereocenters. The number of benzene rings is 3. The van der Waals surface area contributed by atoms with Gasteiger partial charge in [0.1, 0.15) is 17.6 Å². The molecule has 0 bridgehead atoms. The van der Waals surface area contributed by atoms with Crippen LogP contribution in [0.15, 0.2) is 78.4 Å². The van der Waals surface area contributed by atoms with Crippen LogP contribution in [0.3, 0.4) is 0 Å². The predicted octanol–water partition coefficient (Wildman–Crippen LogP) is 4.88. The van der Waals surface area contributed by atoms with Gasteiger partial charge in [-0.3, -0.25) is 14.4 Å². The Morgan fingerprint density at radius 1 is 1.02 bits per heavy atom. The van der Waals surface area contributed by atoms with E-state index < -0.39 is 29.6 Å². The van der Waals surface area contributed by atoms with Crippen molar-refractivity contribution in [2.45, 2.75) is 33.2 Å². The molecule has 0 spiro atoms. The van der Waals surface area contributed by atoms with Gasteiger partial charge in [0.15, 0.2) is 18.1 Å². The normalized spacial score (nSPS) is 11.5. The lowest BCUT2D eigenvalue weighted by atomic mass is 10.0. The maximum Gasteiger partial charge on any atom is 0.262 e. The molecule has 3 amide bonds. The molecule has 0 radical (unpaired) electrons. The van der Waals surface area contributed by atoms with E-state index in [1.165, 1.54) is 37.6 Å². The largest absolute Gasteiger partial charge is 0.497 e. The second-order valence-corrected chi connectivity index (χ2v) is 9.93. The van der Waals surface area contributed by atoms with Crippen molar-refractivity contribution in [3.63, 3.8) is 0 Å². The summed E-state index contributed by atoms with van der Waals surface area (Å²) in [5, 5.41) is 9.51. The summed E-state index contributed by atoms with van der Waals surface area (Å²) in [6, 6.07) is 14.6. The van der Waals surface area contributed by atoms with Gasteiger partial charge in [0.05, 0.1) is 19.9 Å². The highest BCUT2D eigenvalue weighted by molar-refractivity contribution is 5.98. The lowest BCUT2D eigenvalue weighted by molar-refractivity contribution is -0.124. The average molecular weight is 605 g/mol. The zero-order valence-corrected chi connectivity index (χ0v) is 25.2. The van der Waals surface area contributed by atoms with Crippen molar-refractivity contribution in [1.82, 2.24) is 10.7 Å². The lowest BCUT2D eigenvalue weighted by Crippen LogP contribution is -2.48. The molecular weight excluding hydrogens is 567 g/mol. The van der Waals surface area contributed by atoms with Crippen molar-refractivity contribution in [3.05, 3.63) is 95.8 Å². The van der Waals surface area contributed by atoms with Crippen LogP contribution >= 0.6 is 0 Å². The minimum absolute atomic E-state index is 0.215. The number of hydrogen-bond donors (Lipinski definition) is 3. The number of hydrazone groups is 1. The SMILES string of the molecule is C=CCc1cc(C=NNC(=O)C(NC(=O)c2ccc(OC)cc2)C(C)C)cc(OCC)c1OCC(=O)Nc1ccc(F)cc1. The van der Waals surface area contributed by atoms with E-state index in [0.29, 0.717) is 52.7 Å². The molecule has 0 saturated heterocycles. The maximum absolute atomic E-state index is 13.2. The zero-order valence-electron chi connectivity index (χ0n) is 25.2. The van der Waals surface area contributed by atoms with Crippen molar-refractivity contribution in [3.8, 4) is 17.2 Å². The van der Waals surface area contributed by atoms with E-state index in [0.717, 1.165) is 0 Å². The van der Waals surface area contributed by atoms with Gasteiger partial charge in [0.25, 0.3) is 17.7 Å². The smallest absolute Gasteiger partial charge is 0.262 e. The number of nitrogens with one attached hydrogen (secondary N) is 3. The van der Waals surface area contributed by atoms with Crippen molar-refractivity contribution < 1.29 is 33.0 Å². The molecule has 0 saturated carbocycles.